The van der Waals surface area contributed by atoms with E-state index in [4.69, 9.17) is 15.2 Å². The lowest BCUT2D eigenvalue weighted by Crippen LogP contribution is -2.03. The van der Waals surface area contributed by atoms with Crippen LogP contribution in [0.5, 0.6) is 11.6 Å². The number of aldehydes is 1. The van der Waals surface area contributed by atoms with Gasteiger partial charge in [-0.1, -0.05) is 6.92 Å². The predicted molar refractivity (Wildman–Crippen MR) is 109 cm³/mol. The molecule has 2 heterocycles. The van der Waals surface area contributed by atoms with E-state index in [2.05, 4.69) is 15.0 Å². The van der Waals surface area contributed by atoms with Gasteiger partial charge in [0.05, 0.1) is 11.4 Å². The van der Waals surface area contributed by atoms with Crippen LogP contribution in [0.4, 0.5) is 0 Å². The highest BCUT2D eigenvalue weighted by Gasteiger charge is 2.06. The van der Waals surface area contributed by atoms with Gasteiger partial charge in [-0.25, -0.2) is 4.98 Å². The maximum Gasteiger partial charge on any atom is 0.219 e. The monoisotopic (exact) mass is 378 g/mol. The Morgan fingerprint density at radius 3 is 2.89 bits per heavy atom. The molecule has 0 fully saturated rings. The highest BCUT2D eigenvalue weighted by Crippen LogP contribution is 2.25. The first-order valence-electron chi connectivity index (χ1n) is 8.96. The molecule has 1 aromatic carbocycles. The number of nitrogens with zero attached hydrogens (tertiary/aromatic N) is 2. The summed E-state index contributed by atoms with van der Waals surface area (Å²) in [5.74, 6) is 1.08. The number of nitrogens with two attached hydrogens (primary N) is 1. The van der Waals surface area contributed by atoms with Crippen LogP contribution in [0.15, 0.2) is 59.9 Å². The number of allylic oxidation sites excluding steroid dienone is 1. The van der Waals surface area contributed by atoms with E-state index >= 15 is 0 Å². The largest absolute Gasteiger partial charge is 0.439 e. The van der Waals surface area contributed by atoms with Crippen LogP contribution in [0, 0.1) is 0 Å². The molecule has 28 heavy (non-hydrogen) atoms. The minimum atomic E-state index is 0.269. The molecule has 7 heteroatoms. The zero-order valence-corrected chi connectivity index (χ0v) is 15.6. The summed E-state index contributed by atoms with van der Waals surface area (Å²) in [7, 11) is 0. The Bertz CT molecular complexity index is 991. The summed E-state index contributed by atoms with van der Waals surface area (Å²) in [4.78, 5) is 22.6. The molecule has 0 aliphatic rings. The lowest BCUT2D eigenvalue weighted by atomic mass is 10.2. The fourth-order valence-corrected chi connectivity index (χ4v) is 2.63. The van der Waals surface area contributed by atoms with Gasteiger partial charge >= 0.3 is 0 Å². The highest BCUT2D eigenvalue weighted by atomic mass is 16.5. The summed E-state index contributed by atoms with van der Waals surface area (Å²) in [6.45, 7) is 2.97. The molecular weight excluding hydrogens is 356 g/mol. The molecule has 0 saturated carbocycles. The molecule has 3 N–H and O–H groups in total. The zero-order chi connectivity index (χ0) is 19.8. The average Bonchev–Trinajstić information content (AvgIpc) is 3.13. The van der Waals surface area contributed by atoms with Gasteiger partial charge in [-0.15, -0.1) is 0 Å². The molecule has 2 aromatic heterocycles. The van der Waals surface area contributed by atoms with Crippen LogP contribution in [0.2, 0.25) is 0 Å². The first kappa shape index (κ1) is 19.3. The molecule has 3 aromatic rings. The first-order valence-corrected chi connectivity index (χ1v) is 8.96. The smallest absolute Gasteiger partial charge is 0.219 e. The second kappa shape index (κ2) is 9.48. The van der Waals surface area contributed by atoms with Crippen molar-refractivity contribution in [3.63, 3.8) is 0 Å². The summed E-state index contributed by atoms with van der Waals surface area (Å²) in [5.41, 5.74) is 8.41. The molecular formula is C21H22N4O3. The van der Waals surface area contributed by atoms with Crippen LogP contribution >= 0.6 is 0 Å². The fourth-order valence-electron chi connectivity index (χ4n) is 2.63. The molecule has 144 valence electrons. The van der Waals surface area contributed by atoms with E-state index in [1.807, 2.05) is 31.2 Å². The fraction of sp³-hybridized carbons (Fsp3) is 0.190. The van der Waals surface area contributed by atoms with Gasteiger partial charge in [-0.05, 0) is 49.0 Å². The summed E-state index contributed by atoms with van der Waals surface area (Å²) in [6.07, 6.45) is 6.53. The molecule has 0 amide bonds. The van der Waals surface area contributed by atoms with Gasteiger partial charge in [0.2, 0.25) is 5.88 Å². The van der Waals surface area contributed by atoms with E-state index in [0.717, 1.165) is 29.2 Å². The molecule has 0 unspecified atom stereocenters. The van der Waals surface area contributed by atoms with Crippen LogP contribution in [0.25, 0.3) is 10.9 Å². The summed E-state index contributed by atoms with van der Waals surface area (Å²) < 4.78 is 11.2. The van der Waals surface area contributed by atoms with Crippen molar-refractivity contribution in [2.75, 3.05) is 13.3 Å². The number of aromatic amines is 1. The Morgan fingerprint density at radius 2 is 2.18 bits per heavy atom. The number of ether oxygens (including phenoxy) is 2. The third-order valence-corrected chi connectivity index (χ3v) is 3.92. The van der Waals surface area contributed by atoms with Crippen LogP contribution in [-0.2, 0) is 4.74 Å². The van der Waals surface area contributed by atoms with Crippen molar-refractivity contribution in [1.29, 1.82) is 0 Å². The number of hydrogen-bond donors (Lipinski definition) is 2. The van der Waals surface area contributed by atoms with Gasteiger partial charge in [0.1, 0.15) is 12.5 Å². The van der Waals surface area contributed by atoms with Crippen molar-refractivity contribution >= 4 is 22.9 Å². The maximum absolute atomic E-state index is 10.9. The number of carbonyl (C=O) groups excluding carboxylic acids is 1. The second-order valence-corrected chi connectivity index (χ2v) is 6.02. The van der Waals surface area contributed by atoms with Crippen molar-refractivity contribution in [3.05, 3.63) is 66.1 Å². The van der Waals surface area contributed by atoms with E-state index < -0.39 is 0 Å². The van der Waals surface area contributed by atoms with Crippen molar-refractivity contribution < 1.29 is 14.3 Å². The Hall–Kier alpha value is -3.45. The van der Waals surface area contributed by atoms with E-state index in [-0.39, 0.29) is 6.73 Å². The maximum atomic E-state index is 10.9. The Balaban J connectivity index is 1.73. The quantitative estimate of drug-likeness (QED) is 0.335. The SMILES string of the molecule is CCCOC/N=C(/C=C\N)c1ccc(Oc2ccc3[nH]c(C=O)cc3c2)nc1. The van der Waals surface area contributed by atoms with E-state index in [1.54, 1.807) is 24.4 Å². The van der Waals surface area contributed by atoms with Crippen LogP contribution in [0.1, 0.15) is 29.4 Å². The first-order chi connectivity index (χ1) is 13.7. The van der Waals surface area contributed by atoms with E-state index in [0.29, 0.717) is 29.6 Å². The molecule has 0 aliphatic carbocycles. The van der Waals surface area contributed by atoms with E-state index in [9.17, 15) is 4.79 Å². The molecule has 0 aliphatic heterocycles. The van der Waals surface area contributed by atoms with Crippen LogP contribution < -0.4 is 10.5 Å². The Kier molecular flexibility index (Phi) is 6.54. The summed E-state index contributed by atoms with van der Waals surface area (Å²) in [6, 6.07) is 10.9. The number of benzene rings is 1. The normalized spacial score (nSPS) is 12.0. The number of hydrogen-bond acceptors (Lipinski definition) is 6. The lowest BCUT2D eigenvalue weighted by Gasteiger charge is -2.07. The number of aliphatic imine (C=N–C) groups is 1. The van der Waals surface area contributed by atoms with E-state index in [1.165, 1.54) is 6.20 Å². The van der Waals surface area contributed by atoms with Gasteiger partial charge < -0.3 is 20.2 Å². The minimum absolute atomic E-state index is 0.269. The second-order valence-electron chi connectivity index (χ2n) is 6.02. The minimum Gasteiger partial charge on any atom is -0.439 e. The molecule has 0 saturated heterocycles. The van der Waals surface area contributed by atoms with Gasteiger partial charge in [-0.3, -0.25) is 9.79 Å². The van der Waals surface area contributed by atoms with Crippen molar-refractivity contribution in [2.45, 2.75) is 13.3 Å². The highest BCUT2D eigenvalue weighted by molar-refractivity contribution is 6.08. The van der Waals surface area contributed by atoms with Gasteiger partial charge in [0.25, 0.3) is 0 Å². The number of nitrogens with one attached hydrogen (secondary N) is 1. The number of fused-ring (bicyclic) bond motifs is 1. The topological polar surface area (TPSA) is 103 Å². The summed E-state index contributed by atoms with van der Waals surface area (Å²) >= 11 is 0. The van der Waals surface area contributed by atoms with Crippen molar-refractivity contribution in [2.24, 2.45) is 10.7 Å². The average molecular weight is 378 g/mol. The van der Waals surface area contributed by atoms with Crippen molar-refractivity contribution in [3.8, 4) is 11.6 Å². The molecule has 0 radical (unpaired) electrons. The molecule has 3 rings (SSSR count). The van der Waals surface area contributed by atoms with Crippen molar-refractivity contribution in [1.82, 2.24) is 9.97 Å². The Labute approximate surface area is 162 Å². The van der Waals surface area contributed by atoms with Gasteiger partial charge in [0, 0.05) is 35.3 Å². The van der Waals surface area contributed by atoms with Crippen LogP contribution in [0.3, 0.4) is 0 Å². The molecule has 0 spiro atoms. The standard InChI is InChI=1S/C21H22N4O3/c1-2-9-27-14-24-19(7-8-22)15-3-6-21(23-12-15)28-18-4-5-20-16(11-18)10-17(13-26)25-20/h3-8,10-13,25H,2,9,14,22H2,1H3/b8-7-,24-19-. The predicted octanol–water partition coefficient (Wildman–Crippen LogP) is 3.81. The Morgan fingerprint density at radius 1 is 1.29 bits per heavy atom. The molecule has 0 bridgehead atoms. The number of pyridine rings is 1. The van der Waals surface area contributed by atoms with Gasteiger partial charge in [0.15, 0.2) is 6.29 Å². The van der Waals surface area contributed by atoms with Crippen LogP contribution in [-0.4, -0.2) is 35.3 Å². The van der Waals surface area contributed by atoms with Gasteiger partial charge in [-0.2, -0.15) is 0 Å². The number of aromatic nitrogens is 2. The number of carbonyl (C=O) groups is 1. The lowest BCUT2D eigenvalue weighted by molar-refractivity contribution is 0.111. The molecule has 0 atom stereocenters. The summed E-state index contributed by atoms with van der Waals surface area (Å²) in [5, 5.41) is 0.894. The third-order valence-electron chi connectivity index (χ3n) is 3.92. The zero-order valence-electron chi connectivity index (χ0n) is 15.6. The molecule has 7 nitrogen and oxygen atoms in total. The number of rotatable bonds is 9. The number of H-pyrrole nitrogens is 1. The third kappa shape index (κ3) is 4.83.